The molecule has 1 aromatic carbocycles. The van der Waals surface area contributed by atoms with Gasteiger partial charge in [-0.2, -0.15) is 0 Å². The molecule has 0 bridgehead atoms. The number of hydrogen-bond donors (Lipinski definition) is 2. The molecule has 0 fully saturated rings. The van der Waals surface area contributed by atoms with Gasteiger partial charge in [-0.25, -0.2) is 4.79 Å². The summed E-state index contributed by atoms with van der Waals surface area (Å²) in [6.07, 6.45) is 0.371. The highest BCUT2D eigenvalue weighted by molar-refractivity contribution is 7.10. The first-order valence-corrected chi connectivity index (χ1v) is 10.5. The van der Waals surface area contributed by atoms with E-state index in [9.17, 15) is 9.59 Å². The van der Waals surface area contributed by atoms with Crippen molar-refractivity contribution < 1.29 is 14.3 Å². The van der Waals surface area contributed by atoms with Crippen LogP contribution in [-0.4, -0.2) is 57.7 Å². The van der Waals surface area contributed by atoms with Crippen molar-refractivity contribution in [2.45, 2.75) is 19.9 Å². The average molecular weight is 419 g/mol. The number of hydrogen-bond acceptors (Lipinski definition) is 5. The SMILES string of the molecule is CCNC(=O)Nc1ccc(N(C)C)c(CN(CCOC)C(=O)Cc2cccs2)c1. The number of carbonyl (C=O) groups excluding carboxylic acids is 2. The number of amides is 3. The van der Waals surface area contributed by atoms with Gasteiger partial charge in [-0.3, -0.25) is 4.79 Å². The van der Waals surface area contributed by atoms with E-state index in [0.29, 0.717) is 38.3 Å². The largest absolute Gasteiger partial charge is 0.383 e. The van der Waals surface area contributed by atoms with E-state index in [0.717, 1.165) is 16.1 Å². The van der Waals surface area contributed by atoms with Crippen LogP contribution in [0.1, 0.15) is 17.4 Å². The van der Waals surface area contributed by atoms with Gasteiger partial charge in [0.2, 0.25) is 5.91 Å². The van der Waals surface area contributed by atoms with Crippen LogP contribution in [0.3, 0.4) is 0 Å². The maximum Gasteiger partial charge on any atom is 0.319 e. The van der Waals surface area contributed by atoms with Crippen LogP contribution in [0, 0.1) is 0 Å². The first-order valence-electron chi connectivity index (χ1n) is 9.58. The Balaban J connectivity index is 2.23. The number of ether oxygens (including phenoxy) is 1. The van der Waals surface area contributed by atoms with E-state index < -0.39 is 0 Å². The van der Waals surface area contributed by atoms with Crippen molar-refractivity contribution in [1.82, 2.24) is 10.2 Å². The number of carbonyl (C=O) groups is 2. The maximum absolute atomic E-state index is 12.9. The topological polar surface area (TPSA) is 73.9 Å². The summed E-state index contributed by atoms with van der Waals surface area (Å²) in [4.78, 5) is 29.7. The fourth-order valence-corrected chi connectivity index (χ4v) is 3.63. The van der Waals surface area contributed by atoms with Crippen LogP contribution in [0.2, 0.25) is 0 Å². The summed E-state index contributed by atoms with van der Waals surface area (Å²) in [5, 5.41) is 7.53. The molecule has 3 amide bonds. The molecule has 0 saturated heterocycles. The van der Waals surface area contributed by atoms with E-state index in [-0.39, 0.29) is 11.9 Å². The molecule has 0 aliphatic heterocycles. The van der Waals surface area contributed by atoms with E-state index in [1.807, 2.05) is 61.6 Å². The first kappa shape index (κ1) is 22.7. The summed E-state index contributed by atoms with van der Waals surface area (Å²) in [5.41, 5.74) is 2.65. The molecule has 0 atom stereocenters. The molecule has 0 saturated carbocycles. The van der Waals surface area contributed by atoms with Crippen LogP contribution in [0.4, 0.5) is 16.2 Å². The van der Waals surface area contributed by atoms with Crippen molar-refractivity contribution in [3.05, 3.63) is 46.2 Å². The summed E-state index contributed by atoms with van der Waals surface area (Å²) in [7, 11) is 5.55. The van der Waals surface area contributed by atoms with Gasteiger partial charge in [0.05, 0.1) is 13.0 Å². The Hall–Kier alpha value is -2.58. The Bertz CT molecular complexity index is 793. The van der Waals surface area contributed by atoms with Crippen LogP contribution in [0.25, 0.3) is 0 Å². The fourth-order valence-electron chi connectivity index (χ4n) is 2.94. The molecule has 0 unspecified atom stereocenters. The van der Waals surface area contributed by atoms with Gasteiger partial charge < -0.3 is 25.2 Å². The lowest BCUT2D eigenvalue weighted by Crippen LogP contribution is -2.35. The zero-order valence-corrected chi connectivity index (χ0v) is 18.3. The van der Waals surface area contributed by atoms with Gasteiger partial charge in [-0.15, -0.1) is 11.3 Å². The number of rotatable bonds is 10. The van der Waals surface area contributed by atoms with Crippen LogP contribution < -0.4 is 15.5 Å². The first-order chi connectivity index (χ1) is 13.9. The van der Waals surface area contributed by atoms with E-state index in [2.05, 4.69) is 10.6 Å². The Kier molecular flexibility index (Phi) is 8.95. The highest BCUT2D eigenvalue weighted by Crippen LogP contribution is 2.25. The second-order valence-electron chi connectivity index (χ2n) is 6.79. The maximum atomic E-state index is 12.9. The minimum Gasteiger partial charge on any atom is -0.383 e. The van der Waals surface area contributed by atoms with Crippen molar-refractivity contribution in [3.63, 3.8) is 0 Å². The lowest BCUT2D eigenvalue weighted by Gasteiger charge is -2.26. The van der Waals surface area contributed by atoms with Crippen molar-refractivity contribution in [3.8, 4) is 0 Å². The number of anilines is 2. The van der Waals surface area contributed by atoms with Crippen LogP contribution in [0.15, 0.2) is 35.7 Å². The summed E-state index contributed by atoms with van der Waals surface area (Å²) in [5.74, 6) is 0.0521. The van der Waals surface area contributed by atoms with Gasteiger partial charge in [0, 0.05) is 57.1 Å². The van der Waals surface area contributed by atoms with Crippen LogP contribution >= 0.6 is 11.3 Å². The quantitative estimate of drug-likeness (QED) is 0.622. The van der Waals surface area contributed by atoms with Gasteiger partial charge >= 0.3 is 6.03 Å². The molecule has 0 aliphatic carbocycles. The lowest BCUT2D eigenvalue weighted by molar-refractivity contribution is -0.131. The molecule has 1 aromatic heterocycles. The van der Waals surface area contributed by atoms with E-state index >= 15 is 0 Å². The van der Waals surface area contributed by atoms with E-state index in [1.54, 1.807) is 23.3 Å². The zero-order valence-electron chi connectivity index (χ0n) is 17.5. The molecular weight excluding hydrogens is 388 g/mol. The molecule has 1 heterocycles. The van der Waals surface area contributed by atoms with Crippen molar-refractivity contribution >= 4 is 34.6 Å². The normalized spacial score (nSPS) is 10.5. The molecule has 2 rings (SSSR count). The minimum absolute atomic E-state index is 0.0521. The van der Waals surface area contributed by atoms with Crippen LogP contribution in [-0.2, 0) is 22.5 Å². The number of urea groups is 1. The second kappa shape index (κ2) is 11.4. The highest BCUT2D eigenvalue weighted by atomic mass is 32.1. The molecule has 8 heteroatoms. The van der Waals surface area contributed by atoms with Gasteiger partial charge in [-0.1, -0.05) is 6.07 Å². The number of nitrogens with zero attached hydrogens (tertiary/aromatic N) is 2. The molecule has 7 nitrogen and oxygen atoms in total. The third kappa shape index (κ3) is 7.07. The number of nitrogens with one attached hydrogen (secondary N) is 2. The van der Waals surface area contributed by atoms with E-state index in [4.69, 9.17) is 4.74 Å². The minimum atomic E-state index is -0.249. The third-order valence-corrected chi connectivity index (χ3v) is 5.22. The van der Waals surface area contributed by atoms with Crippen molar-refractivity contribution in [1.29, 1.82) is 0 Å². The number of thiophene rings is 1. The average Bonchev–Trinajstić information content (AvgIpc) is 3.18. The van der Waals surface area contributed by atoms with Gasteiger partial charge in [-0.05, 0) is 42.1 Å². The smallest absolute Gasteiger partial charge is 0.319 e. The molecule has 0 spiro atoms. The van der Waals surface area contributed by atoms with Gasteiger partial charge in [0.15, 0.2) is 0 Å². The van der Waals surface area contributed by atoms with Gasteiger partial charge in [0.1, 0.15) is 0 Å². The Morgan fingerprint density at radius 1 is 1.21 bits per heavy atom. The summed E-state index contributed by atoms with van der Waals surface area (Å²) < 4.78 is 5.21. The molecular formula is C21H30N4O3S. The fraction of sp³-hybridized carbons (Fsp3) is 0.429. The molecule has 29 heavy (non-hydrogen) atoms. The second-order valence-corrected chi connectivity index (χ2v) is 7.82. The molecule has 0 radical (unpaired) electrons. The standard InChI is InChI=1S/C21H30N4O3S/c1-5-22-21(27)23-17-8-9-19(24(2)3)16(13-17)15-25(10-11-28-4)20(26)14-18-7-6-12-29-18/h6-9,12-13H,5,10-11,14-15H2,1-4H3,(H2,22,23,27). The zero-order chi connectivity index (χ0) is 21.2. The molecule has 2 N–H and O–H groups in total. The Morgan fingerprint density at radius 3 is 2.62 bits per heavy atom. The molecule has 0 aliphatic rings. The predicted octanol–water partition coefficient (Wildman–Crippen LogP) is 3.17. The number of methoxy groups -OCH3 is 1. The predicted molar refractivity (Wildman–Crippen MR) is 119 cm³/mol. The van der Waals surface area contributed by atoms with Crippen molar-refractivity contribution in [2.24, 2.45) is 0 Å². The summed E-state index contributed by atoms with van der Waals surface area (Å²) in [6, 6.07) is 9.41. The van der Waals surface area contributed by atoms with Crippen LogP contribution in [0.5, 0.6) is 0 Å². The van der Waals surface area contributed by atoms with Gasteiger partial charge in [0.25, 0.3) is 0 Å². The molecule has 2 aromatic rings. The lowest BCUT2D eigenvalue weighted by atomic mass is 10.1. The summed E-state index contributed by atoms with van der Waals surface area (Å²) >= 11 is 1.58. The third-order valence-electron chi connectivity index (χ3n) is 4.34. The highest BCUT2D eigenvalue weighted by Gasteiger charge is 2.18. The van der Waals surface area contributed by atoms with E-state index in [1.165, 1.54) is 0 Å². The van der Waals surface area contributed by atoms with Crippen molar-refractivity contribution in [2.75, 3.05) is 51.1 Å². The summed E-state index contributed by atoms with van der Waals surface area (Å²) in [6.45, 7) is 3.82. The Labute approximate surface area is 176 Å². The monoisotopic (exact) mass is 418 g/mol. The number of benzene rings is 1. The molecule has 158 valence electrons. The Morgan fingerprint density at radius 2 is 2.00 bits per heavy atom.